The second kappa shape index (κ2) is 6.01. The van der Waals surface area contributed by atoms with E-state index in [0.29, 0.717) is 10.6 Å². The fourth-order valence-electron chi connectivity index (χ4n) is 2.02. The highest BCUT2D eigenvalue weighted by Crippen LogP contribution is 2.19. The highest BCUT2D eigenvalue weighted by atomic mass is 32.2. The molecule has 0 saturated heterocycles. The Morgan fingerprint density at radius 3 is 2.55 bits per heavy atom. The molecule has 1 unspecified atom stereocenters. The molecular weight excluding hydrogens is 272 g/mol. The number of hydrogen-bond donors (Lipinski definition) is 1. The van der Waals surface area contributed by atoms with E-state index in [9.17, 15) is 9.00 Å². The van der Waals surface area contributed by atoms with E-state index in [2.05, 4.69) is 0 Å². The van der Waals surface area contributed by atoms with Crippen molar-refractivity contribution in [3.05, 3.63) is 64.7 Å². The molecule has 1 atom stereocenters. The van der Waals surface area contributed by atoms with Gasteiger partial charge in [-0.2, -0.15) is 0 Å². The van der Waals surface area contributed by atoms with E-state index in [1.165, 1.54) is 6.07 Å². The summed E-state index contributed by atoms with van der Waals surface area (Å²) in [5.41, 5.74) is 3.27. The lowest BCUT2D eigenvalue weighted by molar-refractivity contribution is 0.0693. The minimum atomic E-state index is -1.37. The Labute approximate surface area is 120 Å². The van der Waals surface area contributed by atoms with Crippen molar-refractivity contribution in [2.24, 2.45) is 0 Å². The third-order valence-electron chi connectivity index (χ3n) is 3.15. The maximum atomic E-state index is 12.5. The predicted molar refractivity (Wildman–Crippen MR) is 79.4 cm³/mol. The van der Waals surface area contributed by atoms with Gasteiger partial charge in [0, 0.05) is 0 Å². The van der Waals surface area contributed by atoms with Gasteiger partial charge >= 0.3 is 5.97 Å². The average Bonchev–Trinajstić information content (AvgIpc) is 2.42. The summed E-state index contributed by atoms with van der Waals surface area (Å²) in [6, 6.07) is 12.4. The number of carboxylic acid groups (broad SMARTS) is 1. The average molecular weight is 288 g/mol. The maximum Gasteiger partial charge on any atom is 0.336 e. The maximum absolute atomic E-state index is 12.5. The largest absolute Gasteiger partial charge is 0.478 e. The first-order valence-corrected chi connectivity index (χ1v) is 7.58. The van der Waals surface area contributed by atoms with Crippen LogP contribution < -0.4 is 0 Å². The molecule has 2 aromatic rings. The van der Waals surface area contributed by atoms with Crippen LogP contribution in [0.3, 0.4) is 0 Å². The summed E-state index contributed by atoms with van der Waals surface area (Å²) in [4.78, 5) is 11.5. The van der Waals surface area contributed by atoms with Gasteiger partial charge in [-0.1, -0.05) is 35.9 Å². The molecule has 0 spiro atoms. The van der Waals surface area contributed by atoms with Crippen LogP contribution in [0.15, 0.2) is 47.4 Å². The molecular formula is C16H16O3S. The van der Waals surface area contributed by atoms with Crippen LogP contribution in [0.2, 0.25) is 0 Å². The first kappa shape index (κ1) is 14.5. The van der Waals surface area contributed by atoms with Gasteiger partial charge < -0.3 is 5.11 Å². The molecule has 2 rings (SSSR count). The standard InChI is InChI=1S/C16H16O3S/c1-11-7-8-12(2)13(9-11)10-20(19)15-6-4-3-5-14(15)16(17)18/h3-9H,10H2,1-2H3,(H,17,18). The SMILES string of the molecule is Cc1ccc(C)c(CS(=O)c2ccccc2C(=O)O)c1. The normalized spacial score (nSPS) is 12.1. The first-order chi connectivity index (χ1) is 9.49. The van der Waals surface area contributed by atoms with Crippen LogP contribution >= 0.6 is 0 Å². The van der Waals surface area contributed by atoms with E-state index in [1.54, 1.807) is 18.2 Å². The molecule has 0 aliphatic heterocycles. The quantitative estimate of drug-likeness (QED) is 0.939. The number of aromatic carboxylic acids is 1. The molecule has 104 valence electrons. The number of benzene rings is 2. The topological polar surface area (TPSA) is 54.4 Å². The van der Waals surface area contributed by atoms with Crippen LogP contribution in [0.25, 0.3) is 0 Å². The zero-order valence-corrected chi connectivity index (χ0v) is 12.2. The number of carboxylic acids is 1. The minimum absolute atomic E-state index is 0.108. The summed E-state index contributed by atoms with van der Waals surface area (Å²) < 4.78 is 12.5. The molecule has 0 heterocycles. The van der Waals surface area contributed by atoms with Crippen molar-refractivity contribution >= 4 is 16.8 Å². The molecule has 0 aliphatic rings. The second-order valence-electron chi connectivity index (χ2n) is 4.72. The lowest BCUT2D eigenvalue weighted by Crippen LogP contribution is -2.06. The van der Waals surface area contributed by atoms with Crippen LogP contribution in [0.5, 0.6) is 0 Å². The molecule has 0 fully saturated rings. The molecule has 0 aromatic heterocycles. The molecule has 2 aromatic carbocycles. The third kappa shape index (κ3) is 3.14. The van der Waals surface area contributed by atoms with Crippen molar-refractivity contribution in [2.45, 2.75) is 24.5 Å². The van der Waals surface area contributed by atoms with Crippen molar-refractivity contribution in [1.29, 1.82) is 0 Å². The molecule has 0 bridgehead atoms. The Morgan fingerprint density at radius 1 is 1.15 bits per heavy atom. The lowest BCUT2D eigenvalue weighted by Gasteiger charge is -2.09. The first-order valence-electron chi connectivity index (χ1n) is 6.26. The fraction of sp³-hybridized carbons (Fsp3) is 0.188. The Balaban J connectivity index is 2.33. The summed E-state index contributed by atoms with van der Waals surface area (Å²) in [5, 5.41) is 9.14. The summed E-state index contributed by atoms with van der Waals surface area (Å²) in [7, 11) is -1.37. The smallest absolute Gasteiger partial charge is 0.336 e. The number of rotatable bonds is 4. The summed E-state index contributed by atoms with van der Waals surface area (Å²) >= 11 is 0. The van der Waals surface area contributed by atoms with Gasteiger partial charge in [0.25, 0.3) is 0 Å². The van der Waals surface area contributed by atoms with E-state index in [4.69, 9.17) is 5.11 Å². The van der Waals surface area contributed by atoms with Crippen LogP contribution in [0, 0.1) is 13.8 Å². The fourth-order valence-corrected chi connectivity index (χ4v) is 3.40. The van der Waals surface area contributed by atoms with Gasteiger partial charge in [0.2, 0.25) is 0 Å². The van der Waals surface area contributed by atoms with Crippen molar-refractivity contribution in [1.82, 2.24) is 0 Å². The summed E-state index contributed by atoms with van der Waals surface area (Å²) in [5.74, 6) is -0.715. The third-order valence-corrected chi connectivity index (χ3v) is 4.57. The monoisotopic (exact) mass is 288 g/mol. The van der Waals surface area contributed by atoms with Crippen LogP contribution in [0.4, 0.5) is 0 Å². The number of hydrogen-bond acceptors (Lipinski definition) is 2. The van der Waals surface area contributed by atoms with Crippen molar-refractivity contribution < 1.29 is 14.1 Å². The van der Waals surface area contributed by atoms with Gasteiger partial charge in [-0.05, 0) is 37.1 Å². The molecule has 20 heavy (non-hydrogen) atoms. The van der Waals surface area contributed by atoms with E-state index < -0.39 is 16.8 Å². The van der Waals surface area contributed by atoms with Gasteiger partial charge in [-0.15, -0.1) is 0 Å². The van der Waals surface area contributed by atoms with Gasteiger partial charge in [-0.25, -0.2) is 4.79 Å². The van der Waals surface area contributed by atoms with Crippen LogP contribution in [-0.4, -0.2) is 15.3 Å². The zero-order valence-electron chi connectivity index (χ0n) is 11.4. The summed E-state index contributed by atoms with van der Waals surface area (Å²) in [6.45, 7) is 3.95. The van der Waals surface area contributed by atoms with E-state index >= 15 is 0 Å². The van der Waals surface area contributed by atoms with E-state index in [1.807, 2.05) is 32.0 Å². The highest BCUT2D eigenvalue weighted by molar-refractivity contribution is 7.84. The summed E-state index contributed by atoms with van der Waals surface area (Å²) in [6.07, 6.45) is 0. The molecule has 3 nitrogen and oxygen atoms in total. The highest BCUT2D eigenvalue weighted by Gasteiger charge is 2.15. The van der Waals surface area contributed by atoms with E-state index in [0.717, 1.165) is 16.7 Å². The number of aryl methyl sites for hydroxylation is 2. The lowest BCUT2D eigenvalue weighted by atomic mass is 10.1. The molecule has 0 amide bonds. The Hall–Kier alpha value is -1.94. The number of carbonyl (C=O) groups is 1. The van der Waals surface area contributed by atoms with Crippen molar-refractivity contribution in [3.8, 4) is 0 Å². The van der Waals surface area contributed by atoms with Gasteiger partial charge in [0.1, 0.15) is 0 Å². The second-order valence-corrected chi connectivity index (χ2v) is 6.14. The molecule has 0 radical (unpaired) electrons. The predicted octanol–water partition coefficient (Wildman–Crippen LogP) is 3.31. The van der Waals surface area contributed by atoms with Gasteiger partial charge in [0.15, 0.2) is 0 Å². The Morgan fingerprint density at radius 2 is 1.85 bits per heavy atom. The van der Waals surface area contributed by atoms with Gasteiger partial charge in [0.05, 0.1) is 27.0 Å². The molecule has 1 N–H and O–H groups in total. The van der Waals surface area contributed by atoms with Gasteiger partial charge in [-0.3, -0.25) is 4.21 Å². The van der Waals surface area contributed by atoms with Crippen LogP contribution in [0.1, 0.15) is 27.0 Å². The Bertz CT molecular complexity index is 677. The molecule has 0 saturated carbocycles. The van der Waals surface area contributed by atoms with Crippen LogP contribution in [-0.2, 0) is 16.6 Å². The Kier molecular flexibility index (Phi) is 4.35. The van der Waals surface area contributed by atoms with Crippen molar-refractivity contribution in [3.63, 3.8) is 0 Å². The zero-order chi connectivity index (χ0) is 14.7. The van der Waals surface area contributed by atoms with Crippen molar-refractivity contribution in [2.75, 3.05) is 0 Å². The molecule has 4 heteroatoms. The van der Waals surface area contributed by atoms with E-state index in [-0.39, 0.29) is 5.56 Å². The minimum Gasteiger partial charge on any atom is -0.478 e. The molecule has 0 aliphatic carbocycles.